The van der Waals surface area contributed by atoms with Crippen LogP contribution in [0.15, 0.2) is 42.5 Å². The SMILES string of the molecule is Cc1ccc(CS)c(-c2ccccc2)n1. The van der Waals surface area contributed by atoms with Crippen molar-refractivity contribution in [1.29, 1.82) is 0 Å². The van der Waals surface area contributed by atoms with E-state index in [-0.39, 0.29) is 0 Å². The zero-order valence-corrected chi connectivity index (χ0v) is 9.54. The maximum absolute atomic E-state index is 4.57. The van der Waals surface area contributed by atoms with Gasteiger partial charge in [0.15, 0.2) is 0 Å². The lowest BCUT2D eigenvalue weighted by Crippen LogP contribution is -1.92. The third-order valence-electron chi connectivity index (χ3n) is 2.34. The van der Waals surface area contributed by atoms with Crippen LogP contribution in [0.1, 0.15) is 11.3 Å². The number of hydrogen-bond donors (Lipinski definition) is 1. The third-order valence-corrected chi connectivity index (χ3v) is 2.68. The summed E-state index contributed by atoms with van der Waals surface area (Å²) in [4.78, 5) is 4.57. The second-order valence-corrected chi connectivity index (χ2v) is 3.80. The van der Waals surface area contributed by atoms with Gasteiger partial charge in [0.2, 0.25) is 0 Å². The molecule has 0 saturated carbocycles. The Bertz CT molecular complexity index is 451. The number of thiol groups is 1. The highest BCUT2D eigenvalue weighted by Gasteiger charge is 2.04. The van der Waals surface area contributed by atoms with Crippen molar-refractivity contribution in [2.75, 3.05) is 0 Å². The average Bonchev–Trinajstić information content (AvgIpc) is 2.30. The van der Waals surface area contributed by atoms with Crippen molar-refractivity contribution in [1.82, 2.24) is 4.98 Å². The van der Waals surface area contributed by atoms with Crippen LogP contribution in [0.25, 0.3) is 11.3 Å². The summed E-state index contributed by atoms with van der Waals surface area (Å²) in [6, 6.07) is 14.3. The summed E-state index contributed by atoms with van der Waals surface area (Å²) in [7, 11) is 0. The van der Waals surface area contributed by atoms with E-state index in [4.69, 9.17) is 0 Å². The molecule has 76 valence electrons. The Kier molecular flexibility index (Phi) is 3.07. The first-order valence-electron chi connectivity index (χ1n) is 4.94. The van der Waals surface area contributed by atoms with Crippen molar-refractivity contribution in [3.8, 4) is 11.3 Å². The molecule has 1 aromatic carbocycles. The van der Waals surface area contributed by atoms with E-state index in [0.717, 1.165) is 22.7 Å². The lowest BCUT2D eigenvalue weighted by molar-refractivity contribution is 1.17. The highest BCUT2D eigenvalue weighted by Crippen LogP contribution is 2.22. The van der Waals surface area contributed by atoms with Gasteiger partial charge in [-0.05, 0) is 18.6 Å². The summed E-state index contributed by atoms with van der Waals surface area (Å²) in [5, 5.41) is 0. The predicted molar refractivity (Wildman–Crippen MR) is 67.1 cm³/mol. The van der Waals surface area contributed by atoms with Crippen LogP contribution in [0.2, 0.25) is 0 Å². The first-order chi connectivity index (χ1) is 7.31. The Morgan fingerprint density at radius 3 is 2.47 bits per heavy atom. The first-order valence-corrected chi connectivity index (χ1v) is 5.57. The van der Waals surface area contributed by atoms with Crippen LogP contribution in [0.5, 0.6) is 0 Å². The minimum Gasteiger partial charge on any atom is -0.253 e. The lowest BCUT2D eigenvalue weighted by Gasteiger charge is -2.07. The van der Waals surface area contributed by atoms with E-state index in [1.807, 2.05) is 31.2 Å². The van der Waals surface area contributed by atoms with Gasteiger partial charge >= 0.3 is 0 Å². The van der Waals surface area contributed by atoms with Crippen molar-refractivity contribution < 1.29 is 0 Å². The topological polar surface area (TPSA) is 12.9 Å². The molecule has 2 aromatic rings. The average molecular weight is 215 g/mol. The molecule has 2 rings (SSSR count). The van der Waals surface area contributed by atoms with Crippen molar-refractivity contribution in [2.45, 2.75) is 12.7 Å². The van der Waals surface area contributed by atoms with Gasteiger partial charge < -0.3 is 0 Å². The van der Waals surface area contributed by atoms with Crippen LogP contribution in [0, 0.1) is 6.92 Å². The molecule has 0 aliphatic carbocycles. The molecular weight excluding hydrogens is 202 g/mol. The molecule has 0 N–H and O–H groups in total. The Morgan fingerprint density at radius 2 is 1.80 bits per heavy atom. The van der Waals surface area contributed by atoms with Crippen LogP contribution in [0.4, 0.5) is 0 Å². The fourth-order valence-electron chi connectivity index (χ4n) is 1.56. The summed E-state index contributed by atoms with van der Waals surface area (Å²) in [6.45, 7) is 2.01. The summed E-state index contributed by atoms with van der Waals surface area (Å²) in [6.07, 6.45) is 0. The highest BCUT2D eigenvalue weighted by atomic mass is 32.1. The fourth-order valence-corrected chi connectivity index (χ4v) is 1.81. The van der Waals surface area contributed by atoms with Gasteiger partial charge in [-0.25, -0.2) is 0 Å². The van der Waals surface area contributed by atoms with Gasteiger partial charge in [-0.3, -0.25) is 4.98 Å². The molecule has 1 heterocycles. The quantitative estimate of drug-likeness (QED) is 0.757. The van der Waals surface area contributed by atoms with E-state index in [0.29, 0.717) is 0 Å². The molecule has 1 aromatic heterocycles. The van der Waals surface area contributed by atoms with Gasteiger partial charge in [0.1, 0.15) is 0 Å². The molecule has 0 aliphatic rings. The summed E-state index contributed by atoms with van der Waals surface area (Å²) >= 11 is 4.32. The number of benzene rings is 1. The molecular formula is C13H13NS. The predicted octanol–water partition coefficient (Wildman–Crippen LogP) is 3.49. The molecule has 1 nitrogen and oxygen atoms in total. The van der Waals surface area contributed by atoms with Crippen molar-refractivity contribution in [3.63, 3.8) is 0 Å². The maximum Gasteiger partial charge on any atom is 0.0745 e. The Balaban J connectivity index is 2.56. The lowest BCUT2D eigenvalue weighted by atomic mass is 10.1. The minimum atomic E-state index is 0.720. The van der Waals surface area contributed by atoms with Crippen LogP contribution in [0.3, 0.4) is 0 Å². The Morgan fingerprint density at radius 1 is 1.07 bits per heavy atom. The van der Waals surface area contributed by atoms with E-state index in [1.54, 1.807) is 0 Å². The van der Waals surface area contributed by atoms with Crippen LogP contribution < -0.4 is 0 Å². The summed E-state index contributed by atoms with van der Waals surface area (Å²) < 4.78 is 0. The Labute approximate surface area is 95.6 Å². The molecule has 2 heteroatoms. The molecule has 0 atom stereocenters. The number of pyridine rings is 1. The highest BCUT2D eigenvalue weighted by molar-refractivity contribution is 7.79. The largest absolute Gasteiger partial charge is 0.253 e. The molecule has 0 bridgehead atoms. The zero-order chi connectivity index (χ0) is 10.7. The normalized spacial score (nSPS) is 10.3. The van der Waals surface area contributed by atoms with E-state index in [1.165, 1.54) is 5.56 Å². The molecule has 0 spiro atoms. The molecule has 0 unspecified atom stereocenters. The van der Waals surface area contributed by atoms with E-state index in [9.17, 15) is 0 Å². The van der Waals surface area contributed by atoms with Crippen LogP contribution >= 0.6 is 12.6 Å². The number of nitrogens with zero attached hydrogens (tertiary/aromatic N) is 1. The second kappa shape index (κ2) is 4.49. The molecule has 0 amide bonds. The standard InChI is InChI=1S/C13H13NS/c1-10-7-8-12(9-15)13(14-10)11-5-3-2-4-6-11/h2-8,15H,9H2,1H3. The van der Waals surface area contributed by atoms with Gasteiger partial charge in [-0.1, -0.05) is 36.4 Å². The number of rotatable bonds is 2. The number of hydrogen-bond acceptors (Lipinski definition) is 2. The van der Waals surface area contributed by atoms with Crippen molar-refractivity contribution >= 4 is 12.6 Å². The number of aromatic nitrogens is 1. The van der Waals surface area contributed by atoms with E-state index < -0.39 is 0 Å². The fraction of sp³-hybridized carbons (Fsp3) is 0.154. The molecule has 0 radical (unpaired) electrons. The van der Waals surface area contributed by atoms with E-state index in [2.05, 4.69) is 35.8 Å². The Hall–Kier alpha value is -1.28. The molecule has 0 fully saturated rings. The van der Waals surface area contributed by atoms with Crippen LogP contribution in [-0.4, -0.2) is 4.98 Å². The summed E-state index contributed by atoms with van der Waals surface area (Å²) in [5.74, 6) is 0.720. The van der Waals surface area contributed by atoms with Gasteiger partial charge in [0.25, 0.3) is 0 Å². The molecule has 15 heavy (non-hydrogen) atoms. The second-order valence-electron chi connectivity index (χ2n) is 3.48. The van der Waals surface area contributed by atoms with Gasteiger partial charge in [0, 0.05) is 17.0 Å². The van der Waals surface area contributed by atoms with Gasteiger partial charge in [-0.15, -0.1) is 0 Å². The zero-order valence-electron chi connectivity index (χ0n) is 8.64. The number of aryl methyl sites for hydroxylation is 1. The monoisotopic (exact) mass is 215 g/mol. The molecule has 0 aliphatic heterocycles. The van der Waals surface area contributed by atoms with Crippen LogP contribution in [-0.2, 0) is 5.75 Å². The van der Waals surface area contributed by atoms with E-state index >= 15 is 0 Å². The van der Waals surface area contributed by atoms with Gasteiger partial charge in [-0.2, -0.15) is 12.6 Å². The summed E-state index contributed by atoms with van der Waals surface area (Å²) in [5.41, 5.74) is 4.42. The first kappa shape index (κ1) is 10.2. The van der Waals surface area contributed by atoms with Crippen molar-refractivity contribution in [2.24, 2.45) is 0 Å². The smallest absolute Gasteiger partial charge is 0.0745 e. The van der Waals surface area contributed by atoms with Gasteiger partial charge in [0.05, 0.1) is 5.69 Å². The molecule has 0 saturated heterocycles. The minimum absolute atomic E-state index is 0.720. The third kappa shape index (κ3) is 2.21. The maximum atomic E-state index is 4.57. The van der Waals surface area contributed by atoms with Crippen molar-refractivity contribution in [3.05, 3.63) is 53.7 Å².